The molecule has 0 spiro atoms. The lowest BCUT2D eigenvalue weighted by molar-refractivity contribution is 0.0892. The molecule has 0 heterocycles. The number of carbonyl (C=O) groups is 1. The Balaban J connectivity index is 2.92. The first-order valence-electron chi connectivity index (χ1n) is 7.57. The Bertz CT molecular complexity index is 475. The zero-order chi connectivity index (χ0) is 15.4. The number of nitrogens with zero attached hydrogens (tertiary/aromatic N) is 1. The van der Waals surface area contributed by atoms with Crippen LogP contribution in [-0.2, 0) is 0 Å². The molecule has 20 heavy (non-hydrogen) atoms. The molecule has 0 aliphatic rings. The van der Waals surface area contributed by atoms with Crippen molar-refractivity contribution in [2.45, 2.75) is 54.5 Å². The van der Waals surface area contributed by atoms with Gasteiger partial charge in [-0.05, 0) is 63.3 Å². The van der Waals surface area contributed by atoms with E-state index in [1.165, 1.54) is 11.1 Å². The van der Waals surface area contributed by atoms with Crippen LogP contribution in [0.2, 0.25) is 0 Å². The van der Waals surface area contributed by atoms with Crippen molar-refractivity contribution in [3.63, 3.8) is 0 Å². The molecule has 0 aromatic heterocycles. The Labute approximate surface area is 124 Å². The monoisotopic (exact) mass is 275 g/mol. The van der Waals surface area contributed by atoms with Gasteiger partial charge in [0.15, 0.2) is 5.78 Å². The first kappa shape index (κ1) is 16.9. The molecule has 0 radical (unpaired) electrons. The highest BCUT2D eigenvalue weighted by Crippen LogP contribution is 2.17. The number of Topliss-reactive ketones (excluding diaryl/α,β-unsaturated/α-hetero) is 1. The van der Waals surface area contributed by atoms with E-state index in [-0.39, 0.29) is 5.78 Å². The summed E-state index contributed by atoms with van der Waals surface area (Å²) in [4.78, 5) is 14.8. The lowest BCUT2D eigenvalue weighted by Gasteiger charge is -2.27. The highest BCUT2D eigenvalue weighted by Gasteiger charge is 2.18. The molecule has 0 fully saturated rings. The van der Waals surface area contributed by atoms with Gasteiger partial charge in [0, 0.05) is 18.2 Å². The van der Waals surface area contributed by atoms with E-state index in [0.717, 1.165) is 17.7 Å². The maximum atomic E-state index is 12.6. The third-order valence-electron chi connectivity index (χ3n) is 3.82. The summed E-state index contributed by atoms with van der Waals surface area (Å²) in [6.07, 6.45) is 0. The lowest BCUT2D eigenvalue weighted by Crippen LogP contribution is -2.38. The van der Waals surface area contributed by atoms with Crippen LogP contribution < -0.4 is 0 Å². The van der Waals surface area contributed by atoms with E-state index in [4.69, 9.17) is 0 Å². The summed E-state index contributed by atoms with van der Waals surface area (Å²) in [6.45, 7) is 16.4. The molecule has 2 nitrogen and oxygen atoms in total. The second-order valence-corrected chi connectivity index (χ2v) is 6.59. The van der Waals surface area contributed by atoms with E-state index >= 15 is 0 Å². The molecular weight excluding hydrogens is 246 g/mol. The van der Waals surface area contributed by atoms with Crippen molar-refractivity contribution in [3.8, 4) is 0 Å². The molecule has 0 bridgehead atoms. The Morgan fingerprint density at radius 1 is 1.00 bits per heavy atom. The van der Waals surface area contributed by atoms with E-state index in [1.807, 2.05) is 13.0 Å². The van der Waals surface area contributed by atoms with Gasteiger partial charge in [0.05, 0.1) is 6.54 Å². The number of hydrogen-bond donors (Lipinski definition) is 0. The second-order valence-electron chi connectivity index (χ2n) is 6.59. The van der Waals surface area contributed by atoms with Crippen LogP contribution in [0.3, 0.4) is 0 Å². The molecule has 0 atom stereocenters. The molecule has 1 aromatic carbocycles. The summed E-state index contributed by atoms with van der Waals surface area (Å²) in [5, 5.41) is 0. The quantitative estimate of drug-likeness (QED) is 0.727. The number of benzene rings is 1. The Hall–Kier alpha value is -1.15. The molecule has 1 rings (SSSR count). The van der Waals surface area contributed by atoms with Gasteiger partial charge in [0.2, 0.25) is 0 Å². The molecule has 0 N–H and O–H groups in total. The highest BCUT2D eigenvalue weighted by molar-refractivity contribution is 5.99. The minimum absolute atomic E-state index is 0.236. The smallest absolute Gasteiger partial charge is 0.177 e. The van der Waals surface area contributed by atoms with Crippen LogP contribution in [0.5, 0.6) is 0 Å². The van der Waals surface area contributed by atoms with E-state index in [2.05, 4.69) is 52.5 Å². The van der Waals surface area contributed by atoms with Crippen LogP contribution in [0, 0.1) is 26.7 Å². The summed E-state index contributed by atoms with van der Waals surface area (Å²) in [7, 11) is 0. The number of carbonyl (C=O) groups excluding carboxylic acids is 1. The molecule has 0 saturated carbocycles. The Kier molecular flexibility index (Phi) is 5.94. The fourth-order valence-corrected chi connectivity index (χ4v) is 2.46. The van der Waals surface area contributed by atoms with Crippen molar-refractivity contribution in [1.29, 1.82) is 0 Å². The molecule has 0 unspecified atom stereocenters. The topological polar surface area (TPSA) is 20.3 Å². The predicted octanol–water partition coefficient (Wildman–Crippen LogP) is 4.16. The van der Waals surface area contributed by atoms with Gasteiger partial charge >= 0.3 is 0 Å². The second kappa shape index (κ2) is 7.03. The molecule has 0 aliphatic carbocycles. The highest BCUT2D eigenvalue weighted by atomic mass is 16.1. The Morgan fingerprint density at radius 3 is 2.05 bits per heavy atom. The number of rotatable bonds is 6. The van der Waals surface area contributed by atoms with Gasteiger partial charge in [-0.15, -0.1) is 0 Å². The largest absolute Gasteiger partial charge is 0.293 e. The van der Waals surface area contributed by atoms with E-state index in [9.17, 15) is 4.79 Å². The summed E-state index contributed by atoms with van der Waals surface area (Å²) < 4.78 is 0. The molecular formula is C18H29NO. The number of ketones is 1. The minimum atomic E-state index is 0.236. The standard InChI is InChI=1S/C18H29NO/c1-12(2)10-19(13(3)4)11-18(20)17-9-15(6)14(5)8-16(17)7/h8-9,12-13H,10-11H2,1-7H3. The molecule has 0 aliphatic heterocycles. The average molecular weight is 275 g/mol. The number of hydrogen-bond acceptors (Lipinski definition) is 2. The molecule has 0 saturated heterocycles. The average Bonchev–Trinajstić information content (AvgIpc) is 2.32. The first-order chi connectivity index (χ1) is 9.22. The molecule has 112 valence electrons. The van der Waals surface area contributed by atoms with Gasteiger partial charge in [0.25, 0.3) is 0 Å². The maximum Gasteiger partial charge on any atom is 0.177 e. The summed E-state index contributed by atoms with van der Waals surface area (Å²) in [6, 6.07) is 4.55. The maximum absolute atomic E-state index is 12.6. The molecule has 2 heteroatoms. The van der Waals surface area contributed by atoms with Gasteiger partial charge in [-0.2, -0.15) is 0 Å². The first-order valence-corrected chi connectivity index (χ1v) is 7.57. The van der Waals surface area contributed by atoms with Crippen molar-refractivity contribution in [2.24, 2.45) is 5.92 Å². The van der Waals surface area contributed by atoms with Crippen molar-refractivity contribution >= 4 is 5.78 Å². The van der Waals surface area contributed by atoms with Crippen LogP contribution in [0.15, 0.2) is 12.1 Å². The summed E-state index contributed by atoms with van der Waals surface area (Å²) in [5.41, 5.74) is 4.41. The minimum Gasteiger partial charge on any atom is -0.293 e. The summed E-state index contributed by atoms with van der Waals surface area (Å²) in [5.74, 6) is 0.811. The molecule has 0 amide bonds. The normalized spacial score (nSPS) is 11.7. The fraction of sp³-hybridized carbons (Fsp3) is 0.611. The van der Waals surface area contributed by atoms with Crippen LogP contribution in [-0.4, -0.2) is 29.8 Å². The van der Waals surface area contributed by atoms with Crippen molar-refractivity contribution in [3.05, 3.63) is 34.4 Å². The summed E-state index contributed by atoms with van der Waals surface area (Å²) >= 11 is 0. The van der Waals surface area contributed by atoms with E-state index < -0.39 is 0 Å². The van der Waals surface area contributed by atoms with Gasteiger partial charge in [0.1, 0.15) is 0 Å². The zero-order valence-corrected chi connectivity index (χ0v) is 14.1. The van der Waals surface area contributed by atoms with Crippen LogP contribution in [0.4, 0.5) is 0 Å². The van der Waals surface area contributed by atoms with Crippen molar-refractivity contribution in [2.75, 3.05) is 13.1 Å². The number of aryl methyl sites for hydroxylation is 3. The van der Waals surface area contributed by atoms with E-state index in [1.54, 1.807) is 0 Å². The van der Waals surface area contributed by atoms with Crippen LogP contribution in [0.25, 0.3) is 0 Å². The van der Waals surface area contributed by atoms with Crippen LogP contribution >= 0.6 is 0 Å². The zero-order valence-electron chi connectivity index (χ0n) is 14.1. The fourth-order valence-electron chi connectivity index (χ4n) is 2.46. The lowest BCUT2D eigenvalue weighted by atomic mass is 9.97. The van der Waals surface area contributed by atoms with E-state index in [0.29, 0.717) is 18.5 Å². The van der Waals surface area contributed by atoms with Crippen molar-refractivity contribution in [1.82, 2.24) is 4.90 Å². The molecule has 1 aromatic rings. The Morgan fingerprint density at radius 2 is 1.55 bits per heavy atom. The van der Waals surface area contributed by atoms with Gasteiger partial charge in [-0.3, -0.25) is 9.69 Å². The third-order valence-corrected chi connectivity index (χ3v) is 3.82. The van der Waals surface area contributed by atoms with Crippen molar-refractivity contribution < 1.29 is 4.79 Å². The van der Waals surface area contributed by atoms with Gasteiger partial charge < -0.3 is 0 Å². The predicted molar refractivity (Wildman–Crippen MR) is 86.5 cm³/mol. The van der Waals surface area contributed by atoms with Gasteiger partial charge in [-0.25, -0.2) is 0 Å². The SMILES string of the molecule is Cc1cc(C)c(C(=O)CN(CC(C)C)C(C)C)cc1C. The van der Waals surface area contributed by atoms with Crippen LogP contribution in [0.1, 0.15) is 54.7 Å². The third kappa shape index (κ3) is 4.45. The van der Waals surface area contributed by atoms with Gasteiger partial charge in [-0.1, -0.05) is 19.9 Å².